The molecule has 7 heteroatoms. The third kappa shape index (κ3) is 3.68. The third-order valence-corrected chi connectivity index (χ3v) is 6.59. The van der Waals surface area contributed by atoms with Gasteiger partial charge in [0.25, 0.3) is 5.91 Å². The lowest BCUT2D eigenvalue weighted by Crippen LogP contribution is -2.38. The van der Waals surface area contributed by atoms with E-state index in [1.54, 1.807) is 4.90 Å². The molecule has 0 N–H and O–H groups in total. The Morgan fingerprint density at radius 1 is 1.25 bits per heavy atom. The topological polar surface area (TPSA) is 66.7 Å². The fourth-order valence-corrected chi connectivity index (χ4v) is 4.78. The first kappa shape index (κ1) is 19.4. The molecule has 0 unspecified atom stereocenters. The summed E-state index contributed by atoms with van der Waals surface area (Å²) in [5, 5.41) is 0. The minimum absolute atomic E-state index is 0.0892. The van der Waals surface area contributed by atoms with E-state index >= 15 is 0 Å². The van der Waals surface area contributed by atoms with Crippen LogP contribution in [-0.2, 0) is 11.2 Å². The van der Waals surface area contributed by atoms with Crippen LogP contribution in [0.3, 0.4) is 0 Å². The summed E-state index contributed by atoms with van der Waals surface area (Å²) < 4.78 is 6.18. The smallest absolute Gasteiger partial charge is 0.276 e. The number of fused-ring (bicyclic) bond motifs is 1. The molecule has 1 fully saturated rings. The number of likely N-dealkylation sites (tertiary alicyclic amines) is 1. The molecule has 4 rings (SSSR count). The van der Waals surface area contributed by atoms with Gasteiger partial charge in [-0.05, 0) is 36.8 Å². The molecule has 28 heavy (non-hydrogen) atoms. The van der Waals surface area contributed by atoms with Crippen molar-refractivity contribution in [1.29, 1.82) is 0 Å². The van der Waals surface area contributed by atoms with Gasteiger partial charge in [-0.25, -0.2) is 4.98 Å². The van der Waals surface area contributed by atoms with Crippen molar-refractivity contribution < 1.29 is 14.0 Å². The molecule has 2 aliphatic rings. The number of amides is 2. The molecule has 0 spiro atoms. The second kappa shape index (κ2) is 8.23. The number of hydrogen-bond donors (Lipinski definition) is 0. The Bertz CT molecular complexity index is 873. The second-order valence-corrected chi connectivity index (χ2v) is 8.29. The molecule has 148 valence electrons. The number of aromatic nitrogens is 1. The molecule has 0 bridgehead atoms. The molecule has 2 heterocycles. The number of carbonyl (C=O) groups excluding carboxylic acids is 2. The molecular weight excluding hydrogens is 469 g/mol. The van der Waals surface area contributed by atoms with E-state index in [9.17, 15) is 9.59 Å². The van der Waals surface area contributed by atoms with Crippen LogP contribution in [0.4, 0.5) is 0 Å². The van der Waals surface area contributed by atoms with Crippen molar-refractivity contribution >= 4 is 34.4 Å². The molecule has 2 aromatic rings. The number of nitrogens with zero attached hydrogens (tertiary/aromatic N) is 3. The first-order valence-electron chi connectivity index (χ1n) is 9.72. The number of carbonyl (C=O) groups is 2. The fourth-order valence-electron chi connectivity index (χ4n) is 4.29. The van der Waals surface area contributed by atoms with E-state index in [1.165, 1.54) is 17.4 Å². The normalized spacial score (nSPS) is 19.5. The molecule has 6 nitrogen and oxygen atoms in total. The first-order chi connectivity index (χ1) is 13.6. The Hall–Kier alpha value is -1.90. The number of hydrogen-bond acceptors (Lipinski definition) is 4. The summed E-state index contributed by atoms with van der Waals surface area (Å²) >= 11 is 2.10. The minimum atomic E-state index is -0.103. The SMILES string of the molecule is CN(C(=O)c1coc(C2CCN(C(=O)CI)CC2)n1)[C@@H]1CCc2ccccc21. The zero-order valence-electron chi connectivity index (χ0n) is 15.9. The van der Waals surface area contributed by atoms with Crippen molar-refractivity contribution in [1.82, 2.24) is 14.8 Å². The van der Waals surface area contributed by atoms with Crippen molar-refractivity contribution in [3.63, 3.8) is 0 Å². The van der Waals surface area contributed by atoms with E-state index in [4.69, 9.17) is 4.42 Å². The molecule has 1 aliphatic carbocycles. The maximum atomic E-state index is 13.0. The molecular formula is C21H24IN3O3. The van der Waals surface area contributed by atoms with Gasteiger partial charge in [-0.2, -0.15) is 0 Å². The number of alkyl halides is 1. The summed E-state index contributed by atoms with van der Waals surface area (Å²) in [5.41, 5.74) is 2.92. The summed E-state index contributed by atoms with van der Waals surface area (Å²) in [7, 11) is 1.84. The molecule has 1 aromatic carbocycles. The van der Waals surface area contributed by atoms with Gasteiger partial charge < -0.3 is 14.2 Å². The van der Waals surface area contributed by atoms with E-state index in [0.29, 0.717) is 16.0 Å². The van der Waals surface area contributed by atoms with Crippen LogP contribution in [0.25, 0.3) is 0 Å². The van der Waals surface area contributed by atoms with Gasteiger partial charge in [0, 0.05) is 26.1 Å². The highest BCUT2D eigenvalue weighted by molar-refractivity contribution is 14.1. The summed E-state index contributed by atoms with van der Waals surface area (Å²) in [6, 6.07) is 8.41. The number of halogens is 1. The van der Waals surface area contributed by atoms with Crippen molar-refractivity contribution in [2.75, 3.05) is 24.6 Å². The minimum Gasteiger partial charge on any atom is -0.448 e. The molecule has 1 aromatic heterocycles. The Morgan fingerprint density at radius 3 is 2.75 bits per heavy atom. The Morgan fingerprint density at radius 2 is 2.00 bits per heavy atom. The number of piperidine rings is 1. The summed E-state index contributed by atoms with van der Waals surface area (Å²) in [6.07, 6.45) is 5.06. The Labute approximate surface area is 178 Å². The zero-order valence-corrected chi connectivity index (χ0v) is 18.1. The van der Waals surface area contributed by atoms with Crippen LogP contribution in [-0.4, -0.2) is 51.2 Å². The van der Waals surface area contributed by atoms with Gasteiger partial charge in [0.2, 0.25) is 5.91 Å². The maximum absolute atomic E-state index is 13.0. The van der Waals surface area contributed by atoms with Gasteiger partial charge in [0.05, 0.1) is 10.5 Å². The van der Waals surface area contributed by atoms with Gasteiger partial charge in [-0.1, -0.05) is 46.9 Å². The van der Waals surface area contributed by atoms with E-state index in [-0.39, 0.29) is 23.8 Å². The van der Waals surface area contributed by atoms with Crippen molar-refractivity contribution in [2.24, 2.45) is 0 Å². The van der Waals surface area contributed by atoms with Gasteiger partial charge in [0.1, 0.15) is 6.26 Å². The zero-order chi connectivity index (χ0) is 19.7. The van der Waals surface area contributed by atoms with Gasteiger partial charge in [-0.3, -0.25) is 9.59 Å². The third-order valence-electron chi connectivity index (χ3n) is 5.94. The van der Waals surface area contributed by atoms with Crippen LogP contribution in [0.1, 0.15) is 58.7 Å². The number of oxazole rings is 1. The highest BCUT2D eigenvalue weighted by atomic mass is 127. The average molecular weight is 493 g/mol. The van der Waals surface area contributed by atoms with Crippen LogP contribution in [0.5, 0.6) is 0 Å². The second-order valence-electron chi connectivity index (χ2n) is 7.53. The van der Waals surface area contributed by atoms with Gasteiger partial charge in [-0.15, -0.1) is 0 Å². The highest BCUT2D eigenvalue weighted by Crippen LogP contribution is 2.35. The number of rotatable bonds is 4. The van der Waals surface area contributed by atoms with Crippen LogP contribution in [0.2, 0.25) is 0 Å². The Balaban J connectivity index is 1.42. The van der Waals surface area contributed by atoms with Crippen molar-refractivity contribution in [2.45, 2.75) is 37.6 Å². The summed E-state index contributed by atoms with van der Waals surface area (Å²) in [6.45, 7) is 1.44. The van der Waals surface area contributed by atoms with Gasteiger partial charge in [0.15, 0.2) is 11.6 Å². The van der Waals surface area contributed by atoms with E-state index in [0.717, 1.165) is 38.8 Å². The highest BCUT2D eigenvalue weighted by Gasteiger charge is 2.31. The molecule has 1 aliphatic heterocycles. The Kier molecular flexibility index (Phi) is 5.70. The molecule has 1 saturated heterocycles. The molecule has 0 saturated carbocycles. The first-order valence-corrected chi connectivity index (χ1v) is 11.2. The van der Waals surface area contributed by atoms with E-state index in [2.05, 4.69) is 39.7 Å². The van der Waals surface area contributed by atoms with E-state index in [1.807, 2.05) is 24.1 Å². The predicted octanol–water partition coefficient (Wildman–Crippen LogP) is 3.58. The predicted molar refractivity (Wildman–Crippen MR) is 114 cm³/mol. The molecule has 1 atom stereocenters. The fraction of sp³-hybridized carbons (Fsp3) is 0.476. The lowest BCUT2D eigenvalue weighted by Gasteiger charge is -2.30. The van der Waals surface area contributed by atoms with Crippen LogP contribution >= 0.6 is 22.6 Å². The standard InChI is InChI=1S/C21H24IN3O3/c1-24(18-7-6-14-4-2-3-5-16(14)18)21(27)17-13-28-20(23-17)15-8-10-25(11-9-15)19(26)12-22/h2-5,13,15,18H,6-12H2,1H3/t18-/m1/s1. The largest absolute Gasteiger partial charge is 0.448 e. The molecule has 2 amide bonds. The average Bonchev–Trinajstić information content (AvgIpc) is 3.40. The number of aryl methyl sites for hydroxylation is 1. The van der Waals surface area contributed by atoms with Crippen LogP contribution in [0.15, 0.2) is 34.9 Å². The van der Waals surface area contributed by atoms with Gasteiger partial charge >= 0.3 is 0 Å². The van der Waals surface area contributed by atoms with Crippen molar-refractivity contribution in [3.05, 3.63) is 53.2 Å². The van der Waals surface area contributed by atoms with Crippen molar-refractivity contribution in [3.8, 4) is 0 Å². The maximum Gasteiger partial charge on any atom is 0.276 e. The summed E-state index contributed by atoms with van der Waals surface area (Å²) in [5.74, 6) is 0.859. The lowest BCUT2D eigenvalue weighted by molar-refractivity contribution is -0.129. The quantitative estimate of drug-likeness (QED) is 0.483. The number of benzene rings is 1. The van der Waals surface area contributed by atoms with Crippen LogP contribution < -0.4 is 0 Å². The lowest BCUT2D eigenvalue weighted by atomic mass is 9.97. The molecule has 0 radical (unpaired) electrons. The van der Waals surface area contributed by atoms with E-state index < -0.39 is 0 Å². The summed E-state index contributed by atoms with van der Waals surface area (Å²) in [4.78, 5) is 33.0. The monoisotopic (exact) mass is 493 g/mol. The van der Waals surface area contributed by atoms with Crippen LogP contribution in [0, 0.1) is 0 Å².